The second kappa shape index (κ2) is 10.7. The van der Waals surface area contributed by atoms with Gasteiger partial charge in [0.2, 0.25) is 11.7 Å². The minimum Gasteiger partial charge on any atom is -0.493 e. The molecule has 0 unspecified atom stereocenters. The van der Waals surface area contributed by atoms with E-state index in [0.29, 0.717) is 23.8 Å². The number of nitrogens with zero attached hydrogens (tertiary/aromatic N) is 1. The molecular formula is C25H31N3O4. The summed E-state index contributed by atoms with van der Waals surface area (Å²) in [6, 6.07) is 9.79. The van der Waals surface area contributed by atoms with Crippen LogP contribution < -0.4 is 19.5 Å². The van der Waals surface area contributed by atoms with Gasteiger partial charge < -0.3 is 29.4 Å². The number of nitrogens with one attached hydrogen (secondary N) is 2. The fraction of sp³-hybridized carbons (Fsp3) is 0.320. The molecule has 32 heavy (non-hydrogen) atoms. The quantitative estimate of drug-likeness (QED) is 0.474. The van der Waals surface area contributed by atoms with Crippen LogP contribution in [0, 0.1) is 0 Å². The normalized spacial score (nSPS) is 11.3. The Morgan fingerprint density at radius 2 is 1.78 bits per heavy atom. The molecule has 0 spiro atoms. The fourth-order valence-corrected chi connectivity index (χ4v) is 3.51. The zero-order valence-electron chi connectivity index (χ0n) is 19.3. The number of likely N-dealkylation sites (N-methyl/N-ethyl adjacent to an activating group) is 1. The molecule has 7 heteroatoms. The number of ether oxygens (including phenoxy) is 3. The summed E-state index contributed by atoms with van der Waals surface area (Å²) in [5.74, 6) is 1.45. The average Bonchev–Trinajstić information content (AvgIpc) is 3.21. The number of amides is 1. The Labute approximate surface area is 189 Å². The molecule has 0 bridgehead atoms. The van der Waals surface area contributed by atoms with Gasteiger partial charge in [-0.15, -0.1) is 0 Å². The van der Waals surface area contributed by atoms with Gasteiger partial charge in [-0.1, -0.05) is 6.07 Å². The Bertz CT molecular complexity index is 1080. The van der Waals surface area contributed by atoms with Crippen molar-refractivity contribution in [2.45, 2.75) is 13.0 Å². The van der Waals surface area contributed by atoms with E-state index in [9.17, 15) is 4.79 Å². The second-order valence-corrected chi connectivity index (χ2v) is 7.76. The molecule has 0 saturated heterocycles. The van der Waals surface area contributed by atoms with E-state index < -0.39 is 0 Å². The second-order valence-electron chi connectivity index (χ2n) is 7.76. The van der Waals surface area contributed by atoms with Crippen LogP contribution in [0.2, 0.25) is 0 Å². The Morgan fingerprint density at radius 3 is 2.41 bits per heavy atom. The maximum absolute atomic E-state index is 12.4. The van der Waals surface area contributed by atoms with Gasteiger partial charge in [-0.2, -0.15) is 0 Å². The van der Waals surface area contributed by atoms with Crippen molar-refractivity contribution in [3.63, 3.8) is 0 Å². The van der Waals surface area contributed by atoms with Crippen LogP contribution in [-0.2, 0) is 17.8 Å². The Kier molecular flexibility index (Phi) is 7.78. The molecule has 1 aromatic heterocycles. The van der Waals surface area contributed by atoms with Crippen LogP contribution in [0.4, 0.5) is 0 Å². The highest BCUT2D eigenvalue weighted by molar-refractivity contribution is 5.93. The van der Waals surface area contributed by atoms with E-state index in [2.05, 4.69) is 41.6 Å². The Balaban J connectivity index is 1.67. The molecule has 1 amide bonds. The first-order valence-corrected chi connectivity index (χ1v) is 10.4. The van der Waals surface area contributed by atoms with Gasteiger partial charge in [-0.25, -0.2) is 0 Å². The molecule has 0 aliphatic rings. The van der Waals surface area contributed by atoms with Crippen LogP contribution in [-0.4, -0.2) is 57.8 Å². The van der Waals surface area contributed by atoms with Crippen LogP contribution in [0.15, 0.2) is 42.6 Å². The number of benzene rings is 2. The monoisotopic (exact) mass is 437 g/mol. The summed E-state index contributed by atoms with van der Waals surface area (Å²) in [5, 5.41) is 4.08. The molecule has 3 rings (SSSR count). The summed E-state index contributed by atoms with van der Waals surface area (Å²) in [7, 11) is 8.83. The molecule has 0 atom stereocenters. The molecule has 0 radical (unpaired) electrons. The molecule has 2 aromatic carbocycles. The summed E-state index contributed by atoms with van der Waals surface area (Å²) >= 11 is 0. The number of hydrogen-bond donors (Lipinski definition) is 2. The van der Waals surface area contributed by atoms with Gasteiger partial charge in [-0.3, -0.25) is 4.79 Å². The average molecular weight is 438 g/mol. The summed E-state index contributed by atoms with van der Waals surface area (Å²) in [6.45, 7) is 1.32. The van der Waals surface area contributed by atoms with Crippen LogP contribution in [0.1, 0.15) is 16.7 Å². The molecule has 0 saturated carbocycles. The van der Waals surface area contributed by atoms with Crippen molar-refractivity contribution in [1.29, 1.82) is 0 Å². The first-order valence-electron chi connectivity index (χ1n) is 10.4. The van der Waals surface area contributed by atoms with Gasteiger partial charge in [0.1, 0.15) is 0 Å². The lowest BCUT2D eigenvalue weighted by Crippen LogP contribution is -2.20. The first-order chi connectivity index (χ1) is 15.4. The van der Waals surface area contributed by atoms with E-state index >= 15 is 0 Å². The van der Waals surface area contributed by atoms with E-state index in [1.165, 1.54) is 10.9 Å². The lowest BCUT2D eigenvalue weighted by Gasteiger charge is -2.14. The molecule has 0 aliphatic heterocycles. The number of fused-ring (bicyclic) bond motifs is 1. The molecule has 1 heterocycles. The summed E-state index contributed by atoms with van der Waals surface area (Å²) in [5.41, 5.74) is 4.20. The van der Waals surface area contributed by atoms with Crippen LogP contribution >= 0.6 is 0 Å². The molecule has 3 aromatic rings. The third-order valence-corrected chi connectivity index (χ3v) is 5.24. The van der Waals surface area contributed by atoms with Gasteiger partial charge in [0.05, 0.1) is 21.3 Å². The standard InChI is InChI=1S/C25H31N3O4/c1-28(2)11-10-19-16-26-21-8-6-17(12-20(19)21)7-9-24(29)27-15-18-13-22(30-3)25(32-5)23(14-18)31-4/h6-9,12-14,16,26H,10-11,15H2,1-5H3,(H,27,29). The predicted octanol–water partition coefficient (Wildman–Crippen LogP) is 3.63. The molecule has 170 valence electrons. The van der Waals surface area contributed by atoms with Crippen LogP contribution in [0.5, 0.6) is 17.2 Å². The Hall–Kier alpha value is -3.45. The summed E-state index contributed by atoms with van der Waals surface area (Å²) in [6.07, 6.45) is 6.40. The SMILES string of the molecule is COc1cc(CNC(=O)C=Cc2ccc3[nH]cc(CCN(C)C)c3c2)cc(OC)c1OC. The predicted molar refractivity (Wildman–Crippen MR) is 128 cm³/mol. The molecule has 0 aliphatic carbocycles. The van der Waals surface area contributed by atoms with Crippen LogP contribution in [0.25, 0.3) is 17.0 Å². The van der Waals surface area contributed by atoms with Crippen molar-refractivity contribution in [3.8, 4) is 17.2 Å². The van der Waals surface area contributed by atoms with Gasteiger partial charge in [-0.05, 0) is 67.5 Å². The minimum absolute atomic E-state index is 0.180. The summed E-state index contributed by atoms with van der Waals surface area (Å²) < 4.78 is 16.1. The third kappa shape index (κ3) is 5.62. The van der Waals surface area contributed by atoms with Crippen LogP contribution in [0.3, 0.4) is 0 Å². The maximum atomic E-state index is 12.4. The van der Waals surface area contributed by atoms with Gasteiger partial charge in [0.15, 0.2) is 11.5 Å². The lowest BCUT2D eigenvalue weighted by molar-refractivity contribution is -0.116. The van der Waals surface area contributed by atoms with Crippen molar-refractivity contribution < 1.29 is 19.0 Å². The minimum atomic E-state index is -0.180. The number of aromatic nitrogens is 1. The molecular weight excluding hydrogens is 406 g/mol. The van der Waals surface area contributed by atoms with Gasteiger partial charge in [0.25, 0.3) is 0 Å². The Morgan fingerprint density at radius 1 is 1.06 bits per heavy atom. The highest BCUT2D eigenvalue weighted by Crippen LogP contribution is 2.38. The highest BCUT2D eigenvalue weighted by Gasteiger charge is 2.13. The number of carbonyl (C=O) groups is 1. The first kappa shape index (κ1) is 23.2. The van der Waals surface area contributed by atoms with Crippen molar-refractivity contribution in [2.75, 3.05) is 42.0 Å². The van der Waals surface area contributed by atoms with E-state index in [-0.39, 0.29) is 5.91 Å². The van der Waals surface area contributed by atoms with Crippen molar-refractivity contribution in [2.24, 2.45) is 0 Å². The van der Waals surface area contributed by atoms with Crippen molar-refractivity contribution >= 4 is 22.9 Å². The third-order valence-electron chi connectivity index (χ3n) is 5.24. The lowest BCUT2D eigenvalue weighted by atomic mass is 10.1. The van der Waals surface area contributed by atoms with Crippen molar-refractivity contribution in [3.05, 3.63) is 59.3 Å². The number of rotatable bonds is 10. The summed E-state index contributed by atoms with van der Waals surface area (Å²) in [4.78, 5) is 17.9. The molecule has 2 N–H and O–H groups in total. The largest absolute Gasteiger partial charge is 0.493 e. The highest BCUT2D eigenvalue weighted by atomic mass is 16.5. The van der Waals surface area contributed by atoms with E-state index in [4.69, 9.17) is 14.2 Å². The van der Waals surface area contributed by atoms with Gasteiger partial charge >= 0.3 is 0 Å². The zero-order valence-corrected chi connectivity index (χ0v) is 19.3. The number of methoxy groups -OCH3 is 3. The molecule has 0 fully saturated rings. The topological polar surface area (TPSA) is 75.8 Å². The van der Waals surface area contributed by atoms with E-state index in [1.807, 2.05) is 30.3 Å². The number of carbonyl (C=O) groups excluding carboxylic acids is 1. The maximum Gasteiger partial charge on any atom is 0.244 e. The van der Waals surface area contributed by atoms with E-state index in [0.717, 1.165) is 29.6 Å². The fourth-order valence-electron chi connectivity index (χ4n) is 3.51. The zero-order chi connectivity index (χ0) is 23.1. The smallest absolute Gasteiger partial charge is 0.244 e. The number of aromatic amines is 1. The van der Waals surface area contributed by atoms with Crippen molar-refractivity contribution in [1.82, 2.24) is 15.2 Å². The molecule has 7 nitrogen and oxygen atoms in total. The van der Waals surface area contributed by atoms with E-state index in [1.54, 1.807) is 27.4 Å². The number of H-pyrrole nitrogens is 1. The number of hydrogen-bond acceptors (Lipinski definition) is 5. The van der Waals surface area contributed by atoms with Gasteiger partial charge in [0, 0.05) is 36.3 Å².